The Morgan fingerprint density at radius 3 is 2.52 bits per heavy atom. The predicted molar refractivity (Wildman–Crippen MR) is 118 cm³/mol. The van der Waals surface area contributed by atoms with Crippen molar-refractivity contribution < 1.29 is 19.1 Å². The lowest BCUT2D eigenvalue weighted by atomic mass is 10.2. The van der Waals surface area contributed by atoms with Crippen molar-refractivity contribution in [1.29, 1.82) is 0 Å². The van der Waals surface area contributed by atoms with Gasteiger partial charge >= 0.3 is 6.03 Å². The highest BCUT2D eigenvalue weighted by Gasteiger charge is 2.09. The predicted octanol–water partition coefficient (Wildman–Crippen LogP) is 4.22. The molecule has 2 aromatic carbocycles. The maximum atomic E-state index is 12.2. The Hall–Kier alpha value is -3.78. The van der Waals surface area contributed by atoms with Crippen molar-refractivity contribution in [3.05, 3.63) is 77.1 Å². The fourth-order valence-electron chi connectivity index (χ4n) is 2.66. The van der Waals surface area contributed by atoms with Crippen LogP contribution < -0.4 is 25.4 Å². The van der Waals surface area contributed by atoms with Gasteiger partial charge in [0.2, 0.25) is 0 Å². The lowest BCUT2D eigenvalue weighted by Gasteiger charge is -2.12. The molecule has 0 aliphatic carbocycles. The van der Waals surface area contributed by atoms with Crippen molar-refractivity contribution in [2.75, 3.05) is 19.5 Å². The van der Waals surface area contributed by atoms with E-state index >= 15 is 0 Å². The number of carbonyl (C=O) groups is 2. The summed E-state index contributed by atoms with van der Waals surface area (Å²) in [4.78, 5) is 27.9. The monoisotopic (exact) mass is 440 g/mol. The molecule has 0 bridgehead atoms. The summed E-state index contributed by atoms with van der Waals surface area (Å²) in [5, 5.41) is 8.53. The zero-order valence-electron chi connectivity index (χ0n) is 16.9. The van der Waals surface area contributed by atoms with E-state index in [1.54, 1.807) is 42.5 Å². The van der Waals surface area contributed by atoms with Crippen LogP contribution in [0.15, 0.2) is 60.8 Å². The number of benzene rings is 2. The normalized spacial score (nSPS) is 10.2. The molecule has 1 heterocycles. The molecule has 0 aliphatic heterocycles. The Kier molecular flexibility index (Phi) is 7.29. The molecule has 0 saturated heterocycles. The summed E-state index contributed by atoms with van der Waals surface area (Å²) in [7, 11) is 3.04. The second kappa shape index (κ2) is 10.3. The van der Waals surface area contributed by atoms with E-state index in [0.29, 0.717) is 34.5 Å². The zero-order chi connectivity index (χ0) is 22.2. The minimum atomic E-state index is -0.375. The number of anilines is 1. The Morgan fingerprint density at radius 2 is 1.81 bits per heavy atom. The fourth-order valence-corrected chi connectivity index (χ4v) is 2.82. The highest BCUT2D eigenvalue weighted by molar-refractivity contribution is 6.30. The highest BCUT2D eigenvalue weighted by Crippen LogP contribution is 2.27. The molecule has 0 atom stereocenters. The van der Waals surface area contributed by atoms with E-state index in [1.165, 1.54) is 20.4 Å². The van der Waals surface area contributed by atoms with E-state index < -0.39 is 0 Å². The summed E-state index contributed by atoms with van der Waals surface area (Å²) in [6, 6.07) is 15.0. The Labute approximate surface area is 184 Å². The minimum absolute atomic E-state index is 0.268. The van der Waals surface area contributed by atoms with Crippen LogP contribution in [0.3, 0.4) is 0 Å². The summed E-state index contributed by atoms with van der Waals surface area (Å²) in [5.74, 6) is 1.27. The lowest BCUT2D eigenvalue weighted by molar-refractivity contribution is 0.0958. The van der Waals surface area contributed by atoms with Gasteiger partial charge in [0.15, 0.2) is 0 Å². The number of hydrogen-bond acceptors (Lipinski definition) is 5. The number of nitrogens with zero attached hydrogens (tertiary/aromatic N) is 1. The van der Waals surface area contributed by atoms with Gasteiger partial charge in [-0.25, -0.2) is 4.79 Å². The molecule has 160 valence electrons. The minimum Gasteiger partial charge on any atom is -0.495 e. The topological polar surface area (TPSA) is 102 Å². The first-order valence-corrected chi connectivity index (χ1v) is 9.69. The number of pyridine rings is 1. The van der Waals surface area contributed by atoms with Crippen LogP contribution in [0.4, 0.5) is 10.5 Å². The molecular weight excluding hydrogens is 420 g/mol. The smallest absolute Gasteiger partial charge is 0.319 e. The number of hydrogen-bond donors (Lipinski definition) is 3. The first-order chi connectivity index (χ1) is 15.0. The van der Waals surface area contributed by atoms with Crippen LogP contribution in [0.25, 0.3) is 0 Å². The lowest BCUT2D eigenvalue weighted by Crippen LogP contribution is -2.28. The van der Waals surface area contributed by atoms with E-state index in [0.717, 1.165) is 5.56 Å². The molecule has 3 rings (SSSR count). The van der Waals surface area contributed by atoms with Crippen molar-refractivity contribution in [2.45, 2.75) is 6.54 Å². The number of halogens is 1. The van der Waals surface area contributed by atoms with Gasteiger partial charge in [-0.3, -0.25) is 9.78 Å². The van der Waals surface area contributed by atoms with Crippen molar-refractivity contribution in [2.24, 2.45) is 0 Å². The number of carbonyl (C=O) groups excluding carboxylic acids is 2. The fraction of sp³-hybridized carbons (Fsp3) is 0.136. The van der Waals surface area contributed by atoms with Gasteiger partial charge in [0.25, 0.3) is 5.91 Å². The van der Waals surface area contributed by atoms with Crippen molar-refractivity contribution in [1.82, 2.24) is 15.6 Å². The van der Waals surface area contributed by atoms with Crippen LogP contribution in [0.5, 0.6) is 17.2 Å². The van der Waals surface area contributed by atoms with Gasteiger partial charge in [-0.05, 0) is 35.9 Å². The van der Waals surface area contributed by atoms with Gasteiger partial charge in [0, 0.05) is 36.9 Å². The average molecular weight is 441 g/mol. The third kappa shape index (κ3) is 6.10. The zero-order valence-corrected chi connectivity index (χ0v) is 17.7. The third-order valence-electron chi connectivity index (χ3n) is 4.21. The molecule has 3 aromatic rings. The first-order valence-electron chi connectivity index (χ1n) is 9.32. The number of methoxy groups -OCH3 is 1. The maximum Gasteiger partial charge on any atom is 0.319 e. The molecule has 1 aromatic heterocycles. The van der Waals surface area contributed by atoms with Gasteiger partial charge < -0.3 is 25.4 Å². The Balaban J connectivity index is 1.55. The van der Waals surface area contributed by atoms with Crippen molar-refractivity contribution >= 4 is 29.2 Å². The van der Waals surface area contributed by atoms with Crippen molar-refractivity contribution in [3.8, 4) is 17.2 Å². The first kappa shape index (κ1) is 21.9. The number of amides is 3. The van der Waals surface area contributed by atoms with Crippen LogP contribution in [-0.4, -0.2) is 31.1 Å². The molecular formula is C22H21ClN4O4. The molecule has 0 spiro atoms. The van der Waals surface area contributed by atoms with Crippen LogP contribution in [0.2, 0.25) is 5.02 Å². The van der Waals surface area contributed by atoms with E-state index in [1.807, 2.05) is 12.1 Å². The van der Waals surface area contributed by atoms with E-state index in [-0.39, 0.29) is 17.6 Å². The third-order valence-corrected chi connectivity index (χ3v) is 4.45. The van der Waals surface area contributed by atoms with Gasteiger partial charge in [-0.2, -0.15) is 0 Å². The van der Waals surface area contributed by atoms with Gasteiger partial charge in [-0.1, -0.05) is 23.7 Å². The quantitative estimate of drug-likeness (QED) is 0.510. The number of nitrogens with one attached hydrogen (secondary N) is 3. The summed E-state index contributed by atoms with van der Waals surface area (Å²) in [5.41, 5.74) is 1.66. The Morgan fingerprint density at radius 1 is 1.03 bits per heavy atom. The number of urea groups is 1. The van der Waals surface area contributed by atoms with Gasteiger partial charge in [-0.15, -0.1) is 0 Å². The number of aromatic nitrogens is 1. The summed E-state index contributed by atoms with van der Waals surface area (Å²) in [6.45, 7) is 0.318. The molecule has 0 saturated carbocycles. The van der Waals surface area contributed by atoms with Crippen LogP contribution in [0, 0.1) is 0 Å². The van der Waals surface area contributed by atoms with E-state index in [4.69, 9.17) is 21.1 Å². The molecule has 0 radical (unpaired) electrons. The van der Waals surface area contributed by atoms with Crippen LogP contribution in [-0.2, 0) is 6.54 Å². The summed E-state index contributed by atoms with van der Waals surface area (Å²) in [6.07, 6.45) is 1.51. The molecule has 9 heteroatoms. The summed E-state index contributed by atoms with van der Waals surface area (Å²) >= 11 is 5.93. The summed E-state index contributed by atoms with van der Waals surface area (Å²) < 4.78 is 11.0. The van der Waals surface area contributed by atoms with Gasteiger partial charge in [0.05, 0.1) is 12.8 Å². The second-order valence-electron chi connectivity index (χ2n) is 6.35. The largest absolute Gasteiger partial charge is 0.495 e. The molecule has 8 nitrogen and oxygen atoms in total. The van der Waals surface area contributed by atoms with E-state index in [2.05, 4.69) is 20.9 Å². The second-order valence-corrected chi connectivity index (χ2v) is 6.79. The SMILES string of the molecule is CNC(=O)c1cc(Oc2ccc(CNC(=O)Nc3ccc(Cl)cc3OC)cc2)ccn1. The Bertz CT molecular complexity index is 1070. The average Bonchev–Trinajstić information content (AvgIpc) is 2.79. The maximum absolute atomic E-state index is 12.2. The van der Waals surface area contributed by atoms with Crippen LogP contribution in [0.1, 0.15) is 16.1 Å². The molecule has 0 fully saturated rings. The molecule has 0 unspecified atom stereocenters. The van der Waals surface area contributed by atoms with Gasteiger partial charge in [0.1, 0.15) is 22.9 Å². The van der Waals surface area contributed by atoms with E-state index in [9.17, 15) is 9.59 Å². The molecule has 3 N–H and O–H groups in total. The highest BCUT2D eigenvalue weighted by atomic mass is 35.5. The van der Waals surface area contributed by atoms with Crippen molar-refractivity contribution in [3.63, 3.8) is 0 Å². The molecule has 0 aliphatic rings. The standard InChI is InChI=1S/C22H21ClN4O4/c1-24-21(28)19-12-17(9-10-25-19)31-16-6-3-14(4-7-16)13-26-22(29)27-18-8-5-15(23)11-20(18)30-2/h3-12H,13H2,1-2H3,(H,24,28)(H2,26,27,29). The number of ether oxygens (including phenoxy) is 2. The molecule has 3 amide bonds. The number of rotatable bonds is 7. The molecule has 31 heavy (non-hydrogen) atoms. The van der Waals surface area contributed by atoms with Crippen LogP contribution >= 0.6 is 11.6 Å².